The maximum atomic E-state index is 14.1. The van der Waals surface area contributed by atoms with Gasteiger partial charge in [0.05, 0.1) is 5.69 Å². The Morgan fingerprint density at radius 2 is 2.00 bits per heavy atom. The van der Waals surface area contributed by atoms with Crippen LogP contribution in [0.25, 0.3) is 0 Å². The summed E-state index contributed by atoms with van der Waals surface area (Å²) in [4.78, 5) is 2.03. The molecule has 0 aromatic heterocycles. The number of para-hydroxylation sites is 1. The van der Waals surface area contributed by atoms with E-state index in [0.717, 1.165) is 37.1 Å². The molecule has 3 heteroatoms. The van der Waals surface area contributed by atoms with Gasteiger partial charge in [-0.2, -0.15) is 0 Å². The van der Waals surface area contributed by atoms with Crippen molar-refractivity contribution in [2.24, 2.45) is 5.73 Å². The van der Waals surface area contributed by atoms with Crippen LogP contribution in [-0.4, -0.2) is 19.6 Å². The van der Waals surface area contributed by atoms with Gasteiger partial charge in [-0.25, -0.2) is 4.39 Å². The van der Waals surface area contributed by atoms with E-state index in [-0.39, 0.29) is 11.9 Å². The minimum absolute atomic E-state index is 0.101. The zero-order valence-electron chi connectivity index (χ0n) is 12.5. The molecule has 1 aromatic rings. The normalized spacial score (nSPS) is 12.5. The molecule has 0 bridgehead atoms. The number of rotatable bonds is 8. The highest BCUT2D eigenvalue weighted by atomic mass is 19.1. The third-order valence-electron chi connectivity index (χ3n) is 3.56. The molecular weight excluding hydrogens is 239 g/mol. The Labute approximate surface area is 116 Å². The van der Waals surface area contributed by atoms with Gasteiger partial charge < -0.3 is 10.6 Å². The Balaban J connectivity index is 2.84. The van der Waals surface area contributed by atoms with E-state index in [1.165, 1.54) is 18.9 Å². The summed E-state index contributed by atoms with van der Waals surface area (Å²) in [5.74, 6) is -0.139. The molecule has 108 valence electrons. The van der Waals surface area contributed by atoms with Crippen LogP contribution in [0.1, 0.15) is 45.1 Å². The van der Waals surface area contributed by atoms with E-state index in [4.69, 9.17) is 5.73 Å². The number of unbranched alkanes of at least 4 members (excludes halogenated alkanes) is 2. The number of nitrogens with two attached hydrogens (primary N) is 1. The van der Waals surface area contributed by atoms with E-state index in [9.17, 15) is 4.39 Å². The van der Waals surface area contributed by atoms with Crippen molar-refractivity contribution in [2.45, 2.75) is 52.0 Å². The quantitative estimate of drug-likeness (QED) is 0.726. The van der Waals surface area contributed by atoms with Crippen molar-refractivity contribution in [1.29, 1.82) is 0 Å². The fourth-order valence-electron chi connectivity index (χ4n) is 2.29. The van der Waals surface area contributed by atoms with Crippen LogP contribution in [0.2, 0.25) is 0 Å². The first kappa shape index (κ1) is 16.0. The van der Waals surface area contributed by atoms with Crippen LogP contribution in [0.5, 0.6) is 0 Å². The number of anilines is 1. The van der Waals surface area contributed by atoms with Crippen molar-refractivity contribution < 1.29 is 4.39 Å². The molecule has 2 nitrogen and oxygen atoms in total. The van der Waals surface area contributed by atoms with E-state index in [1.54, 1.807) is 6.07 Å². The van der Waals surface area contributed by atoms with Gasteiger partial charge in [-0.1, -0.05) is 38.8 Å². The lowest BCUT2D eigenvalue weighted by atomic mass is 10.0. The molecule has 1 unspecified atom stereocenters. The van der Waals surface area contributed by atoms with Crippen LogP contribution < -0.4 is 10.6 Å². The van der Waals surface area contributed by atoms with Crippen LogP contribution in [-0.2, 0) is 6.42 Å². The molecule has 0 saturated heterocycles. The lowest BCUT2D eigenvalue weighted by Gasteiger charge is -2.24. The Morgan fingerprint density at radius 3 is 2.63 bits per heavy atom. The molecule has 0 radical (unpaired) electrons. The number of benzene rings is 1. The zero-order valence-corrected chi connectivity index (χ0v) is 12.5. The molecule has 1 atom stereocenters. The third kappa shape index (κ3) is 4.83. The maximum Gasteiger partial charge on any atom is 0.146 e. The summed E-state index contributed by atoms with van der Waals surface area (Å²) in [6.45, 7) is 5.13. The monoisotopic (exact) mass is 266 g/mol. The van der Waals surface area contributed by atoms with Gasteiger partial charge in [0.1, 0.15) is 5.82 Å². The highest BCUT2D eigenvalue weighted by Crippen LogP contribution is 2.25. The van der Waals surface area contributed by atoms with Crippen LogP contribution in [0, 0.1) is 5.82 Å². The van der Waals surface area contributed by atoms with E-state index in [1.807, 2.05) is 18.0 Å². The van der Waals surface area contributed by atoms with Crippen molar-refractivity contribution in [3.05, 3.63) is 29.6 Å². The van der Waals surface area contributed by atoms with Crippen LogP contribution in [0.3, 0.4) is 0 Å². The smallest absolute Gasteiger partial charge is 0.146 e. The molecular formula is C16H27FN2. The fourth-order valence-corrected chi connectivity index (χ4v) is 2.29. The van der Waals surface area contributed by atoms with Crippen LogP contribution in [0.15, 0.2) is 18.2 Å². The summed E-state index contributed by atoms with van der Waals surface area (Å²) in [6.07, 6.45) is 5.11. The first-order chi connectivity index (χ1) is 9.10. The maximum absolute atomic E-state index is 14.1. The first-order valence-electron chi connectivity index (χ1n) is 7.34. The lowest BCUT2D eigenvalue weighted by molar-refractivity contribution is 0.604. The van der Waals surface area contributed by atoms with Crippen molar-refractivity contribution >= 4 is 5.69 Å². The summed E-state index contributed by atoms with van der Waals surface area (Å²) < 4.78 is 14.1. The van der Waals surface area contributed by atoms with E-state index in [0.29, 0.717) is 0 Å². The summed E-state index contributed by atoms with van der Waals surface area (Å²) in [5, 5.41) is 0. The molecule has 1 aromatic carbocycles. The van der Waals surface area contributed by atoms with Crippen LogP contribution in [0.4, 0.5) is 10.1 Å². The van der Waals surface area contributed by atoms with Gasteiger partial charge in [0.2, 0.25) is 0 Å². The first-order valence-corrected chi connectivity index (χ1v) is 7.34. The highest BCUT2D eigenvalue weighted by Gasteiger charge is 2.14. The van der Waals surface area contributed by atoms with Crippen molar-refractivity contribution in [3.8, 4) is 0 Å². The van der Waals surface area contributed by atoms with Gasteiger partial charge >= 0.3 is 0 Å². The Bertz CT molecular complexity index is 379. The Kier molecular flexibility index (Phi) is 6.85. The molecule has 0 spiro atoms. The summed E-state index contributed by atoms with van der Waals surface area (Å²) >= 11 is 0. The van der Waals surface area contributed by atoms with Gasteiger partial charge in [0.25, 0.3) is 0 Å². The van der Waals surface area contributed by atoms with E-state index < -0.39 is 0 Å². The molecule has 2 N–H and O–H groups in total. The van der Waals surface area contributed by atoms with Gasteiger partial charge in [0, 0.05) is 19.6 Å². The minimum atomic E-state index is -0.139. The molecule has 0 aliphatic heterocycles. The topological polar surface area (TPSA) is 29.3 Å². The molecule has 0 aliphatic rings. The Hall–Kier alpha value is -1.09. The number of nitrogens with zero attached hydrogens (tertiary/aromatic N) is 1. The SMILES string of the molecule is CCCCCN(C)c1c(F)cccc1CC(N)CC. The van der Waals surface area contributed by atoms with E-state index in [2.05, 4.69) is 13.8 Å². The van der Waals surface area contributed by atoms with Gasteiger partial charge in [-0.15, -0.1) is 0 Å². The molecule has 19 heavy (non-hydrogen) atoms. The van der Waals surface area contributed by atoms with Crippen molar-refractivity contribution in [3.63, 3.8) is 0 Å². The molecule has 0 fully saturated rings. The van der Waals surface area contributed by atoms with Crippen molar-refractivity contribution in [2.75, 3.05) is 18.5 Å². The van der Waals surface area contributed by atoms with E-state index >= 15 is 0 Å². The van der Waals surface area contributed by atoms with Gasteiger partial charge in [-0.05, 0) is 30.9 Å². The molecule has 0 saturated carbocycles. The van der Waals surface area contributed by atoms with Gasteiger partial charge in [0.15, 0.2) is 0 Å². The second-order valence-corrected chi connectivity index (χ2v) is 5.25. The average molecular weight is 266 g/mol. The minimum Gasteiger partial charge on any atom is -0.372 e. The van der Waals surface area contributed by atoms with Crippen LogP contribution >= 0.6 is 0 Å². The van der Waals surface area contributed by atoms with Crippen molar-refractivity contribution in [1.82, 2.24) is 0 Å². The number of halogens is 1. The Morgan fingerprint density at radius 1 is 1.26 bits per heavy atom. The summed E-state index contributed by atoms with van der Waals surface area (Å²) in [5.41, 5.74) is 7.75. The molecule has 0 amide bonds. The zero-order chi connectivity index (χ0) is 14.3. The van der Waals surface area contributed by atoms with Gasteiger partial charge in [-0.3, -0.25) is 0 Å². The fraction of sp³-hybridized carbons (Fsp3) is 0.625. The molecule has 0 heterocycles. The predicted octanol–water partition coefficient (Wildman–Crippen LogP) is 3.73. The lowest BCUT2D eigenvalue weighted by Crippen LogP contribution is -2.25. The second-order valence-electron chi connectivity index (χ2n) is 5.25. The average Bonchev–Trinajstić information content (AvgIpc) is 2.38. The number of hydrogen-bond donors (Lipinski definition) is 1. The molecule has 1 rings (SSSR count). The third-order valence-corrected chi connectivity index (χ3v) is 3.56. The summed E-state index contributed by atoms with van der Waals surface area (Å²) in [6, 6.07) is 5.40. The second kappa shape index (κ2) is 8.16. The largest absolute Gasteiger partial charge is 0.372 e. The predicted molar refractivity (Wildman–Crippen MR) is 81.2 cm³/mol. The number of hydrogen-bond acceptors (Lipinski definition) is 2. The summed E-state index contributed by atoms with van der Waals surface area (Å²) in [7, 11) is 1.97. The molecule has 0 aliphatic carbocycles. The standard InChI is InChI=1S/C16H27FN2/c1-4-6-7-11-19(3)16-13(12-14(18)5-2)9-8-10-15(16)17/h8-10,14H,4-7,11-12,18H2,1-3H3. The highest BCUT2D eigenvalue weighted by molar-refractivity contribution is 5.54.